The van der Waals surface area contributed by atoms with Crippen molar-refractivity contribution in [3.8, 4) is 11.5 Å². The van der Waals surface area contributed by atoms with Crippen LogP contribution in [0.15, 0.2) is 18.2 Å². The Morgan fingerprint density at radius 3 is 2.95 bits per heavy atom. The van der Waals surface area contributed by atoms with Crippen LogP contribution in [0.2, 0.25) is 0 Å². The highest BCUT2D eigenvalue weighted by Crippen LogP contribution is 2.43. The molecule has 116 valence electrons. The smallest absolute Gasteiger partial charge is 0.160 e. The van der Waals surface area contributed by atoms with E-state index in [1.807, 2.05) is 23.5 Å². The van der Waals surface area contributed by atoms with Gasteiger partial charge in [0.05, 0.1) is 7.11 Å². The van der Waals surface area contributed by atoms with Gasteiger partial charge in [0.1, 0.15) is 0 Å². The summed E-state index contributed by atoms with van der Waals surface area (Å²) in [6, 6.07) is 6.72. The molecule has 1 atom stereocenters. The molecule has 1 aromatic heterocycles. The van der Waals surface area contributed by atoms with Crippen molar-refractivity contribution in [2.75, 3.05) is 13.7 Å². The predicted octanol–water partition coefficient (Wildman–Crippen LogP) is 3.68. The molecule has 1 N–H and O–H groups in total. The van der Waals surface area contributed by atoms with Crippen molar-refractivity contribution in [3.63, 3.8) is 0 Å². The molecule has 0 radical (unpaired) electrons. The Bertz CT molecular complexity index is 722. The minimum atomic E-state index is 0.259. The summed E-state index contributed by atoms with van der Waals surface area (Å²) in [4.78, 5) is 5.58. The summed E-state index contributed by atoms with van der Waals surface area (Å²) in [5.74, 6) is 0.849. The van der Waals surface area contributed by atoms with Gasteiger partial charge in [-0.1, -0.05) is 6.92 Å². The lowest BCUT2D eigenvalue weighted by Gasteiger charge is -2.40. The molecular formula is C18H21NO2S. The van der Waals surface area contributed by atoms with Crippen molar-refractivity contribution < 1.29 is 9.84 Å². The molecule has 0 unspecified atom stereocenters. The maximum absolute atomic E-state index is 10.2. The highest BCUT2D eigenvalue weighted by Gasteiger charge is 2.33. The van der Waals surface area contributed by atoms with Crippen LogP contribution in [0, 0.1) is 0 Å². The van der Waals surface area contributed by atoms with Crippen LogP contribution in [0.5, 0.6) is 11.5 Å². The van der Waals surface area contributed by atoms with Crippen LogP contribution in [-0.2, 0) is 25.8 Å². The van der Waals surface area contributed by atoms with E-state index in [4.69, 9.17) is 4.74 Å². The summed E-state index contributed by atoms with van der Waals surface area (Å²) in [6.45, 7) is 4.36. The third kappa shape index (κ3) is 2.13. The third-order valence-corrected chi connectivity index (χ3v) is 6.30. The van der Waals surface area contributed by atoms with Gasteiger partial charge in [0.15, 0.2) is 11.5 Å². The van der Waals surface area contributed by atoms with Crippen LogP contribution in [0.1, 0.15) is 39.4 Å². The molecule has 3 heterocycles. The van der Waals surface area contributed by atoms with E-state index in [0.29, 0.717) is 11.8 Å². The van der Waals surface area contributed by atoms with Gasteiger partial charge >= 0.3 is 0 Å². The standard InChI is InChI=1S/C18H21NO2S/c1-3-13-6-12-10-19-5-4-11-7-17(21-2)16(20)8-14(11)15(19)9-18(12)22-13/h6-8,15,20H,3-5,9-10H2,1-2H3/t15-/m1/s1. The van der Waals surface area contributed by atoms with Gasteiger partial charge in [-0.05, 0) is 47.7 Å². The van der Waals surface area contributed by atoms with E-state index < -0.39 is 0 Å². The van der Waals surface area contributed by atoms with Crippen molar-refractivity contribution in [1.29, 1.82) is 0 Å². The number of phenols is 1. The number of hydrogen-bond donors (Lipinski definition) is 1. The molecule has 2 aromatic rings. The number of aromatic hydroxyl groups is 1. The molecule has 4 rings (SSSR count). The maximum atomic E-state index is 10.2. The van der Waals surface area contributed by atoms with E-state index >= 15 is 0 Å². The second-order valence-electron chi connectivity index (χ2n) is 6.18. The molecular weight excluding hydrogens is 294 g/mol. The summed E-state index contributed by atoms with van der Waals surface area (Å²) in [5, 5.41) is 10.2. The number of thiophene rings is 1. The first-order valence-corrected chi connectivity index (χ1v) is 8.75. The fourth-order valence-corrected chi connectivity index (χ4v) is 4.92. The Kier molecular flexibility index (Phi) is 3.39. The molecule has 0 aliphatic carbocycles. The lowest BCUT2D eigenvalue weighted by atomic mass is 9.86. The molecule has 22 heavy (non-hydrogen) atoms. The fraction of sp³-hybridized carbons (Fsp3) is 0.444. The minimum Gasteiger partial charge on any atom is -0.504 e. The second-order valence-corrected chi connectivity index (χ2v) is 7.40. The number of ether oxygens (including phenoxy) is 1. The minimum absolute atomic E-state index is 0.259. The van der Waals surface area contributed by atoms with E-state index in [9.17, 15) is 5.11 Å². The summed E-state index contributed by atoms with van der Waals surface area (Å²) >= 11 is 1.96. The van der Waals surface area contributed by atoms with Gasteiger partial charge in [-0.2, -0.15) is 0 Å². The molecule has 3 nitrogen and oxygen atoms in total. The topological polar surface area (TPSA) is 32.7 Å². The molecule has 4 heteroatoms. The molecule has 0 fully saturated rings. The van der Waals surface area contributed by atoms with Crippen molar-refractivity contribution in [3.05, 3.63) is 44.6 Å². The molecule has 2 aliphatic heterocycles. The fourth-order valence-electron chi connectivity index (χ4n) is 3.77. The van der Waals surface area contributed by atoms with Crippen LogP contribution >= 0.6 is 11.3 Å². The lowest BCUT2D eigenvalue weighted by molar-refractivity contribution is 0.162. The normalized spacial score (nSPS) is 20.2. The van der Waals surface area contributed by atoms with Gasteiger partial charge in [-0.15, -0.1) is 11.3 Å². The van der Waals surface area contributed by atoms with Crippen molar-refractivity contribution in [2.45, 2.75) is 38.8 Å². The first kappa shape index (κ1) is 14.1. The van der Waals surface area contributed by atoms with Gasteiger partial charge < -0.3 is 9.84 Å². The van der Waals surface area contributed by atoms with Crippen LogP contribution in [0.3, 0.4) is 0 Å². The van der Waals surface area contributed by atoms with Crippen LogP contribution in [0.4, 0.5) is 0 Å². The molecule has 0 bridgehead atoms. The molecule has 0 saturated carbocycles. The number of methoxy groups -OCH3 is 1. The Hall–Kier alpha value is -1.52. The first-order valence-electron chi connectivity index (χ1n) is 7.94. The number of rotatable bonds is 2. The van der Waals surface area contributed by atoms with E-state index in [1.54, 1.807) is 7.11 Å². The number of hydrogen-bond acceptors (Lipinski definition) is 4. The number of aryl methyl sites for hydroxylation is 1. The Balaban J connectivity index is 1.74. The number of fused-ring (bicyclic) bond motifs is 4. The average molecular weight is 315 g/mol. The van der Waals surface area contributed by atoms with E-state index in [0.717, 1.165) is 32.4 Å². The van der Waals surface area contributed by atoms with Gasteiger partial charge in [0.25, 0.3) is 0 Å². The second kappa shape index (κ2) is 5.28. The van der Waals surface area contributed by atoms with E-state index in [2.05, 4.69) is 17.9 Å². The summed E-state index contributed by atoms with van der Waals surface area (Å²) < 4.78 is 5.26. The Morgan fingerprint density at radius 2 is 2.18 bits per heavy atom. The largest absolute Gasteiger partial charge is 0.504 e. The highest BCUT2D eigenvalue weighted by molar-refractivity contribution is 7.12. The molecule has 1 aromatic carbocycles. The maximum Gasteiger partial charge on any atom is 0.160 e. The summed E-state index contributed by atoms with van der Waals surface area (Å²) in [6.07, 6.45) is 3.22. The molecule has 0 amide bonds. The van der Waals surface area contributed by atoms with Crippen LogP contribution in [0.25, 0.3) is 0 Å². The van der Waals surface area contributed by atoms with Crippen molar-refractivity contribution >= 4 is 11.3 Å². The monoisotopic (exact) mass is 315 g/mol. The number of nitrogens with zero attached hydrogens (tertiary/aromatic N) is 1. The number of benzene rings is 1. The van der Waals surface area contributed by atoms with Gasteiger partial charge in [0.2, 0.25) is 0 Å². The lowest BCUT2D eigenvalue weighted by Crippen LogP contribution is -2.38. The molecule has 0 saturated heterocycles. The quantitative estimate of drug-likeness (QED) is 0.917. The zero-order valence-electron chi connectivity index (χ0n) is 13.1. The SMILES string of the molecule is CCc1cc2c(s1)C[C@@H]1c3cc(O)c(OC)cc3CCN1C2. The Labute approximate surface area is 135 Å². The van der Waals surface area contributed by atoms with Gasteiger partial charge in [0, 0.05) is 35.3 Å². The first-order chi connectivity index (χ1) is 10.7. The average Bonchev–Trinajstić information content (AvgIpc) is 2.94. The zero-order chi connectivity index (χ0) is 15.3. The predicted molar refractivity (Wildman–Crippen MR) is 88.9 cm³/mol. The van der Waals surface area contributed by atoms with Crippen LogP contribution in [-0.4, -0.2) is 23.7 Å². The van der Waals surface area contributed by atoms with Gasteiger partial charge in [-0.3, -0.25) is 4.90 Å². The van der Waals surface area contributed by atoms with Gasteiger partial charge in [-0.25, -0.2) is 0 Å². The Morgan fingerprint density at radius 1 is 1.32 bits per heavy atom. The van der Waals surface area contributed by atoms with E-state index in [1.165, 1.54) is 26.4 Å². The zero-order valence-corrected chi connectivity index (χ0v) is 13.9. The highest BCUT2D eigenvalue weighted by atomic mass is 32.1. The molecule has 2 aliphatic rings. The molecule has 0 spiro atoms. The third-order valence-electron chi connectivity index (χ3n) is 4.96. The number of phenolic OH excluding ortho intramolecular Hbond substituents is 1. The van der Waals surface area contributed by atoms with Crippen LogP contribution < -0.4 is 4.74 Å². The summed E-state index contributed by atoms with van der Waals surface area (Å²) in [7, 11) is 1.61. The van der Waals surface area contributed by atoms with Crippen molar-refractivity contribution in [2.24, 2.45) is 0 Å². The van der Waals surface area contributed by atoms with Crippen molar-refractivity contribution in [1.82, 2.24) is 4.90 Å². The summed E-state index contributed by atoms with van der Waals surface area (Å²) in [5.41, 5.74) is 4.12. The van der Waals surface area contributed by atoms with E-state index in [-0.39, 0.29) is 5.75 Å².